The number of likely N-dealkylation sites (tertiary alicyclic amines) is 1. The van der Waals surface area contributed by atoms with Crippen molar-refractivity contribution in [3.8, 4) is 0 Å². The second-order valence-electron chi connectivity index (χ2n) is 6.98. The van der Waals surface area contributed by atoms with E-state index in [0.717, 1.165) is 44.6 Å². The molecule has 0 spiro atoms. The Labute approximate surface area is 149 Å². The average Bonchev–Trinajstić information content (AvgIpc) is 3.26. The second kappa shape index (κ2) is 8.25. The highest BCUT2D eigenvalue weighted by molar-refractivity contribution is 5.77. The lowest BCUT2D eigenvalue weighted by Gasteiger charge is -2.24. The molecule has 0 bridgehead atoms. The van der Waals surface area contributed by atoms with Crippen LogP contribution < -0.4 is 0 Å². The molecule has 1 aliphatic heterocycles. The first-order valence-corrected chi connectivity index (χ1v) is 8.98. The number of carbonyl (C=O) groups excluding carboxylic acids is 1. The number of hydrogen-bond donors (Lipinski definition) is 0. The van der Waals surface area contributed by atoms with E-state index in [-0.39, 0.29) is 11.9 Å². The van der Waals surface area contributed by atoms with Gasteiger partial charge in [0.05, 0.1) is 18.1 Å². The van der Waals surface area contributed by atoms with Crippen LogP contribution in [0.1, 0.15) is 43.0 Å². The zero-order valence-electron chi connectivity index (χ0n) is 15.1. The van der Waals surface area contributed by atoms with Crippen molar-refractivity contribution >= 4 is 5.91 Å². The summed E-state index contributed by atoms with van der Waals surface area (Å²) >= 11 is 0. The monoisotopic (exact) mass is 341 g/mol. The molecule has 1 amide bonds. The maximum Gasteiger partial charge on any atom is 0.223 e. The Bertz CT molecular complexity index is 666. The number of aryl methyl sites for hydroxylation is 1. The molecule has 6 nitrogen and oxygen atoms in total. The van der Waals surface area contributed by atoms with Crippen LogP contribution >= 0.6 is 0 Å². The normalized spacial score (nSPS) is 17.4. The van der Waals surface area contributed by atoms with Crippen LogP contribution in [0.5, 0.6) is 0 Å². The van der Waals surface area contributed by atoms with Crippen molar-refractivity contribution in [2.24, 2.45) is 0 Å². The van der Waals surface area contributed by atoms with E-state index in [2.05, 4.69) is 41.1 Å². The third-order valence-electron chi connectivity index (χ3n) is 4.63. The fourth-order valence-corrected chi connectivity index (χ4v) is 3.44. The molecule has 134 valence electrons. The highest BCUT2D eigenvalue weighted by Gasteiger charge is 2.30. The van der Waals surface area contributed by atoms with Crippen LogP contribution in [0.4, 0.5) is 0 Å². The van der Waals surface area contributed by atoms with E-state index in [1.807, 2.05) is 21.9 Å². The summed E-state index contributed by atoms with van der Waals surface area (Å²) in [6, 6.07) is 4.34. The highest BCUT2D eigenvalue weighted by Crippen LogP contribution is 2.31. The molecule has 1 aliphatic rings. The zero-order valence-corrected chi connectivity index (χ0v) is 15.1. The summed E-state index contributed by atoms with van der Waals surface area (Å²) < 4.78 is 2.01. The molecule has 0 unspecified atom stereocenters. The van der Waals surface area contributed by atoms with Gasteiger partial charge in [0.1, 0.15) is 0 Å². The van der Waals surface area contributed by atoms with Crippen LogP contribution in [-0.4, -0.2) is 50.9 Å². The minimum Gasteiger partial charge on any atom is -0.337 e. The van der Waals surface area contributed by atoms with Gasteiger partial charge in [0.25, 0.3) is 0 Å². The smallest absolute Gasteiger partial charge is 0.223 e. The van der Waals surface area contributed by atoms with Gasteiger partial charge in [-0.25, -0.2) is 4.98 Å². The van der Waals surface area contributed by atoms with E-state index < -0.39 is 0 Å². The number of rotatable bonds is 7. The van der Waals surface area contributed by atoms with E-state index in [9.17, 15) is 4.79 Å². The summed E-state index contributed by atoms with van der Waals surface area (Å²) in [6.07, 6.45) is 10.9. The van der Waals surface area contributed by atoms with E-state index in [4.69, 9.17) is 0 Å². The lowest BCUT2D eigenvalue weighted by molar-refractivity contribution is -0.132. The predicted octanol–water partition coefficient (Wildman–Crippen LogP) is 2.48. The van der Waals surface area contributed by atoms with Crippen LogP contribution in [0.3, 0.4) is 0 Å². The molecule has 1 fully saturated rings. The SMILES string of the molecule is CN(C)Cc1ccc([C@H]2CCCN2C(=O)CCCn2ccnc2)nc1. The highest BCUT2D eigenvalue weighted by atomic mass is 16.2. The summed E-state index contributed by atoms with van der Waals surface area (Å²) in [7, 11) is 4.10. The van der Waals surface area contributed by atoms with Crippen LogP contribution in [-0.2, 0) is 17.9 Å². The Morgan fingerprint density at radius 3 is 2.92 bits per heavy atom. The van der Waals surface area contributed by atoms with E-state index in [1.54, 1.807) is 12.5 Å². The number of carbonyl (C=O) groups is 1. The summed E-state index contributed by atoms with van der Waals surface area (Å²) in [5, 5.41) is 0. The minimum atomic E-state index is 0.133. The van der Waals surface area contributed by atoms with E-state index in [0.29, 0.717) is 6.42 Å². The molecule has 2 aromatic heterocycles. The maximum absolute atomic E-state index is 12.6. The maximum atomic E-state index is 12.6. The predicted molar refractivity (Wildman–Crippen MR) is 96.8 cm³/mol. The van der Waals surface area contributed by atoms with Crippen molar-refractivity contribution in [2.75, 3.05) is 20.6 Å². The molecule has 0 aliphatic carbocycles. The van der Waals surface area contributed by atoms with Gasteiger partial charge in [-0.1, -0.05) is 6.07 Å². The van der Waals surface area contributed by atoms with Gasteiger partial charge in [-0.05, 0) is 45.0 Å². The van der Waals surface area contributed by atoms with Gasteiger partial charge in [-0.15, -0.1) is 0 Å². The summed E-state index contributed by atoms with van der Waals surface area (Å²) in [5.41, 5.74) is 2.22. The largest absolute Gasteiger partial charge is 0.337 e. The van der Waals surface area contributed by atoms with Gasteiger partial charge in [0.2, 0.25) is 5.91 Å². The third kappa shape index (κ3) is 4.66. The standard InChI is InChI=1S/C19H27N5O/c1-22(2)14-16-7-8-17(21-13-16)18-5-3-11-24(18)19(25)6-4-10-23-12-9-20-15-23/h7-9,12-13,15,18H,3-6,10-11,14H2,1-2H3/t18-/m1/s1. The lowest BCUT2D eigenvalue weighted by atomic mass is 10.1. The fraction of sp³-hybridized carbons (Fsp3) is 0.526. The quantitative estimate of drug-likeness (QED) is 0.776. The number of aromatic nitrogens is 3. The molecule has 0 N–H and O–H groups in total. The first kappa shape index (κ1) is 17.6. The molecule has 2 aromatic rings. The van der Waals surface area contributed by atoms with E-state index >= 15 is 0 Å². The van der Waals surface area contributed by atoms with Crippen molar-refractivity contribution in [2.45, 2.75) is 44.8 Å². The van der Waals surface area contributed by atoms with Crippen molar-refractivity contribution in [1.29, 1.82) is 0 Å². The van der Waals surface area contributed by atoms with Gasteiger partial charge >= 0.3 is 0 Å². The number of amides is 1. The molecule has 3 heterocycles. The summed E-state index contributed by atoms with van der Waals surface area (Å²) in [5.74, 6) is 0.238. The number of hydrogen-bond acceptors (Lipinski definition) is 4. The molecule has 6 heteroatoms. The zero-order chi connectivity index (χ0) is 17.6. The minimum absolute atomic E-state index is 0.133. The Kier molecular flexibility index (Phi) is 5.81. The van der Waals surface area contributed by atoms with Crippen molar-refractivity contribution in [3.63, 3.8) is 0 Å². The van der Waals surface area contributed by atoms with Crippen molar-refractivity contribution < 1.29 is 4.79 Å². The molecular weight excluding hydrogens is 314 g/mol. The van der Waals surface area contributed by atoms with Gasteiger partial charge in [0, 0.05) is 44.6 Å². The summed E-state index contributed by atoms with van der Waals surface area (Å²) in [4.78, 5) is 25.4. The van der Waals surface area contributed by atoms with Crippen LogP contribution in [0.2, 0.25) is 0 Å². The average molecular weight is 341 g/mol. The topological polar surface area (TPSA) is 54.3 Å². The second-order valence-corrected chi connectivity index (χ2v) is 6.98. The van der Waals surface area contributed by atoms with Gasteiger partial charge in [-0.3, -0.25) is 9.78 Å². The van der Waals surface area contributed by atoms with E-state index in [1.165, 1.54) is 5.56 Å². The first-order chi connectivity index (χ1) is 12.1. The molecule has 0 radical (unpaired) electrons. The van der Waals surface area contributed by atoms with Gasteiger partial charge in [-0.2, -0.15) is 0 Å². The van der Waals surface area contributed by atoms with Crippen molar-refractivity contribution in [3.05, 3.63) is 48.3 Å². The van der Waals surface area contributed by atoms with Crippen LogP contribution in [0.25, 0.3) is 0 Å². The molecule has 3 rings (SSSR count). The Balaban J connectivity index is 1.56. The molecular formula is C19H27N5O. The summed E-state index contributed by atoms with van der Waals surface area (Å²) in [6.45, 7) is 2.56. The fourth-order valence-electron chi connectivity index (χ4n) is 3.44. The third-order valence-corrected chi connectivity index (χ3v) is 4.63. The van der Waals surface area contributed by atoms with Gasteiger partial charge in [0.15, 0.2) is 0 Å². The molecule has 1 saturated heterocycles. The van der Waals surface area contributed by atoms with Crippen molar-refractivity contribution in [1.82, 2.24) is 24.3 Å². The molecule has 0 saturated carbocycles. The number of nitrogens with zero attached hydrogens (tertiary/aromatic N) is 5. The Morgan fingerprint density at radius 2 is 2.24 bits per heavy atom. The number of imidazole rings is 1. The Morgan fingerprint density at radius 1 is 1.36 bits per heavy atom. The lowest BCUT2D eigenvalue weighted by Crippen LogP contribution is -2.31. The molecule has 1 atom stereocenters. The Hall–Kier alpha value is -2.21. The molecule has 0 aromatic carbocycles. The van der Waals surface area contributed by atoms with Gasteiger partial charge < -0.3 is 14.4 Å². The number of pyridine rings is 1. The van der Waals surface area contributed by atoms with Crippen LogP contribution in [0.15, 0.2) is 37.1 Å². The first-order valence-electron chi connectivity index (χ1n) is 8.98. The molecule has 25 heavy (non-hydrogen) atoms. The van der Waals surface area contributed by atoms with Crippen LogP contribution in [0, 0.1) is 0 Å².